The molecule has 0 spiro atoms. The van der Waals surface area contributed by atoms with Gasteiger partial charge in [-0.3, -0.25) is 0 Å². The molecule has 0 aliphatic carbocycles. The smallest absolute Gasteiger partial charge is 0.368 e. The predicted molar refractivity (Wildman–Crippen MR) is 78.3 cm³/mol. The Kier molecular flexibility index (Phi) is 4.65. The molecule has 24 heavy (non-hydrogen) atoms. The lowest BCUT2D eigenvalue weighted by Crippen LogP contribution is -2.10. The normalized spacial score (nSPS) is 12.8. The van der Waals surface area contributed by atoms with Gasteiger partial charge >= 0.3 is 6.18 Å². The molecule has 1 aromatic heterocycles. The Hall–Kier alpha value is -2.43. The van der Waals surface area contributed by atoms with E-state index in [2.05, 4.69) is 9.38 Å². The molecule has 0 saturated heterocycles. The highest BCUT2D eigenvalue weighted by Gasteiger charge is 2.33. The third kappa shape index (κ3) is 3.91. The van der Waals surface area contributed by atoms with Crippen LogP contribution in [0.4, 0.5) is 17.6 Å². The Balaban J connectivity index is 2.39. The van der Waals surface area contributed by atoms with Crippen molar-refractivity contribution in [3.8, 4) is 11.4 Å². The molecule has 2 aromatic rings. The molecule has 0 unspecified atom stereocenters. The van der Waals surface area contributed by atoms with Crippen LogP contribution in [0, 0.1) is 5.82 Å². The van der Waals surface area contributed by atoms with Crippen LogP contribution >= 0.6 is 0 Å². The van der Waals surface area contributed by atoms with E-state index in [9.17, 15) is 26.0 Å². The number of alkyl halides is 3. The summed E-state index contributed by atoms with van der Waals surface area (Å²) in [4.78, 5) is 6.36. The number of imidazole rings is 1. The van der Waals surface area contributed by atoms with E-state index in [0.717, 1.165) is 18.5 Å². The van der Waals surface area contributed by atoms with E-state index in [-0.39, 0.29) is 11.4 Å². The van der Waals surface area contributed by atoms with Gasteiger partial charge in [0, 0.05) is 14.1 Å². The van der Waals surface area contributed by atoms with Crippen molar-refractivity contribution in [2.45, 2.75) is 11.1 Å². The number of hydrogen-bond donors (Lipinski definition) is 1. The second kappa shape index (κ2) is 6.23. The van der Waals surface area contributed by atoms with Gasteiger partial charge in [-0.2, -0.15) is 21.6 Å². The Morgan fingerprint density at radius 2 is 1.96 bits per heavy atom. The molecule has 0 aliphatic heterocycles. The number of hydrogen-bond acceptors (Lipinski definition) is 3. The minimum Gasteiger partial charge on any atom is -0.368 e. The minimum absolute atomic E-state index is 0.291. The van der Waals surface area contributed by atoms with Crippen LogP contribution in [-0.2, 0) is 16.2 Å². The van der Waals surface area contributed by atoms with Gasteiger partial charge in [0.1, 0.15) is 23.7 Å². The Labute approximate surface area is 134 Å². The first-order valence-electron chi connectivity index (χ1n) is 6.40. The van der Waals surface area contributed by atoms with Crippen molar-refractivity contribution in [1.82, 2.24) is 14.9 Å². The van der Waals surface area contributed by atoms with Crippen molar-refractivity contribution < 1.29 is 26.0 Å². The van der Waals surface area contributed by atoms with E-state index >= 15 is 0 Å². The fourth-order valence-electron chi connectivity index (χ4n) is 1.67. The van der Waals surface area contributed by atoms with Crippen molar-refractivity contribution in [1.29, 1.82) is 0 Å². The van der Waals surface area contributed by atoms with Crippen molar-refractivity contribution in [2.75, 3.05) is 14.1 Å². The molecule has 0 amide bonds. The van der Waals surface area contributed by atoms with Gasteiger partial charge in [-0.05, 0) is 18.2 Å². The minimum atomic E-state index is -4.65. The summed E-state index contributed by atoms with van der Waals surface area (Å²) in [6, 6.07) is 2.73. The van der Waals surface area contributed by atoms with E-state index in [1.807, 2.05) is 4.98 Å². The van der Waals surface area contributed by atoms with Crippen LogP contribution in [0.5, 0.6) is 0 Å². The molecule has 0 radical (unpaired) electrons. The van der Waals surface area contributed by atoms with Gasteiger partial charge in [0.15, 0.2) is 0 Å². The number of sulfonamides is 1. The van der Waals surface area contributed by atoms with Gasteiger partial charge in [-0.1, -0.05) is 0 Å². The Morgan fingerprint density at radius 3 is 2.46 bits per heavy atom. The van der Waals surface area contributed by atoms with E-state index in [0.29, 0.717) is 12.3 Å². The van der Waals surface area contributed by atoms with Gasteiger partial charge in [-0.15, -0.1) is 4.40 Å². The monoisotopic (exact) mass is 364 g/mol. The van der Waals surface area contributed by atoms with Gasteiger partial charge < -0.3 is 9.88 Å². The molecule has 0 saturated carbocycles. The van der Waals surface area contributed by atoms with Crippen LogP contribution in [-0.4, -0.2) is 43.7 Å². The fraction of sp³-hybridized carbons (Fsp3) is 0.231. The van der Waals surface area contributed by atoms with Crippen molar-refractivity contribution >= 4 is 16.4 Å². The summed E-state index contributed by atoms with van der Waals surface area (Å²) in [5.41, 5.74) is -1.43. The van der Waals surface area contributed by atoms with Crippen molar-refractivity contribution in [2.24, 2.45) is 4.40 Å². The fourth-order valence-corrected chi connectivity index (χ4v) is 2.59. The Morgan fingerprint density at radius 1 is 1.29 bits per heavy atom. The zero-order valence-corrected chi connectivity index (χ0v) is 13.3. The molecule has 130 valence electrons. The maximum absolute atomic E-state index is 14.1. The first kappa shape index (κ1) is 17.9. The zero-order chi connectivity index (χ0) is 18.1. The van der Waals surface area contributed by atoms with Crippen LogP contribution < -0.4 is 0 Å². The number of nitrogens with one attached hydrogen (secondary N) is 1. The SMILES string of the molecule is CN(C)/C=N\S(=O)(=O)c1ccc(-c2ncc(C(F)(F)F)[nH]2)c(F)c1. The summed E-state index contributed by atoms with van der Waals surface area (Å²) < 4.78 is 78.8. The predicted octanol–water partition coefficient (Wildman–Crippen LogP) is 2.51. The van der Waals surface area contributed by atoms with E-state index in [1.54, 1.807) is 14.1 Å². The van der Waals surface area contributed by atoms with Crippen LogP contribution in [0.2, 0.25) is 0 Å². The topological polar surface area (TPSA) is 78.4 Å². The molecule has 0 atom stereocenters. The summed E-state index contributed by atoms with van der Waals surface area (Å²) in [5, 5.41) is 0. The molecule has 0 fully saturated rings. The third-order valence-electron chi connectivity index (χ3n) is 2.79. The highest BCUT2D eigenvalue weighted by molar-refractivity contribution is 7.90. The lowest BCUT2D eigenvalue weighted by atomic mass is 10.2. The second-order valence-corrected chi connectivity index (χ2v) is 6.58. The first-order valence-corrected chi connectivity index (χ1v) is 7.84. The average molecular weight is 364 g/mol. The summed E-state index contributed by atoms with van der Waals surface area (Å²) in [6.45, 7) is 0. The number of aromatic amines is 1. The maximum Gasteiger partial charge on any atom is 0.432 e. The van der Waals surface area contributed by atoms with Crippen LogP contribution in [0.3, 0.4) is 0 Å². The first-order chi connectivity index (χ1) is 11.0. The third-order valence-corrected chi connectivity index (χ3v) is 4.01. The molecular formula is C13H12F4N4O2S. The molecule has 11 heteroatoms. The maximum atomic E-state index is 14.1. The van der Waals surface area contributed by atoms with E-state index in [1.165, 1.54) is 4.90 Å². The summed E-state index contributed by atoms with van der Waals surface area (Å²) in [6.07, 6.45) is -3.09. The number of aromatic nitrogens is 2. The summed E-state index contributed by atoms with van der Waals surface area (Å²) >= 11 is 0. The average Bonchev–Trinajstić information content (AvgIpc) is 2.95. The molecule has 0 bridgehead atoms. The summed E-state index contributed by atoms with van der Waals surface area (Å²) in [7, 11) is -1.01. The highest BCUT2D eigenvalue weighted by Crippen LogP contribution is 2.30. The summed E-state index contributed by atoms with van der Waals surface area (Å²) in [5.74, 6) is -1.40. The van der Waals surface area contributed by atoms with Crippen LogP contribution in [0.1, 0.15) is 5.69 Å². The molecule has 1 N–H and O–H groups in total. The van der Waals surface area contributed by atoms with Gasteiger partial charge in [0.25, 0.3) is 10.0 Å². The van der Waals surface area contributed by atoms with Crippen molar-refractivity contribution in [3.63, 3.8) is 0 Å². The zero-order valence-electron chi connectivity index (χ0n) is 12.5. The van der Waals surface area contributed by atoms with Gasteiger partial charge in [-0.25, -0.2) is 9.37 Å². The molecule has 1 heterocycles. The van der Waals surface area contributed by atoms with Crippen LogP contribution in [0.15, 0.2) is 33.7 Å². The number of rotatable bonds is 4. The molecule has 2 rings (SSSR count). The van der Waals surface area contributed by atoms with Crippen LogP contribution in [0.25, 0.3) is 11.4 Å². The number of halogens is 4. The number of benzene rings is 1. The standard InChI is InChI=1S/C13H12F4N4O2S/c1-21(2)7-19-24(22,23)8-3-4-9(10(14)5-8)12-18-6-11(20-12)13(15,16)17/h3-7H,1-2H3,(H,18,20)/b19-7-. The largest absolute Gasteiger partial charge is 0.432 e. The molecule has 0 aliphatic rings. The quantitative estimate of drug-likeness (QED) is 0.514. The van der Waals surface area contributed by atoms with Gasteiger partial charge in [0.05, 0.1) is 16.7 Å². The lowest BCUT2D eigenvalue weighted by Gasteiger charge is -2.05. The lowest BCUT2D eigenvalue weighted by molar-refractivity contribution is -0.140. The second-order valence-electron chi connectivity index (χ2n) is 4.94. The number of nitrogens with zero attached hydrogens (tertiary/aromatic N) is 3. The van der Waals surface area contributed by atoms with Gasteiger partial charge in [0.2, 0.25) is 0 Å². The highest BCUT2D eigenvalue weighted by atomic mass is 32.2. The van der Waals surface area contributed by atoms with E-state index in [4.69, 9.17) is 0 Å². The molecular weight excluding hydrogens is 352 g/mol. The van der Waals surface area contributed by atoms with E-state index < -0.39 is 32.6 Å². The number of H-pyrrole nitrogens is 1. The van der Waals surface area contributed by atoms with Crippen molar-refractivity contribution in [3.05, 3.63) is 35.9 Å². The Bertz CT molecular complexity index is 872. The molecule has 6 nitrogen and oxygen atoms in total. The molecule has 1 aromatic carbocycles.